The van der Waals surface area contributed by atoms with Crippen LogP contribution < -0.4 is 0 Å². The van der Waals surface area contributed by atoms with Gasteiger partial charge in [-0.25, -0.2) is 0 Å². The van der Waals surface area contributed by atoms with Crippen LogP contribution in [0.15, 0.2) is 59.3 Å². The van der Waals surface area contributed by atoms with Gasteiger partial charge in [0.05, 0.1) is 11.4 Å². The molecule has 0 amide bonds. The van der Waals surface area contributed by atoms with Crippen LogP contribution >= 0.6 is 0 Å². The second-order valence-electron chi connectivity index (χ2n) is 6.22. The molecule has 0 unspecified atom stereocenters. The number of nitrogens with zero attached hydrogens (tertiary/aromatic N) is 4. The molecule has 0 radical (unpaired) electrons. The lowest BCUT2D eigenvalue weighted by molar-refractivity contribution is 0.603. The normalized spacial score (nSPS) is 25.6. The lowest BCUT2D eigenvalue weighted by atomic mass is 10.0. The van der Waals surface area contributed by atoms with E-state index in [1.165, 1.54) is 0 Å². The fraction of sp³-hybridized carbons (Fsp3) is 0.294. The highest BCUT2D eigenvalue weighted by Crippen LogP contribution is 2.62. The molecule has 104 valence electrons. The molecule has 4 nitrogen and oxygen atoms in total. The molecule has 4 heteroatoms. The quantitative estimate of drug-likeness (QED) is 0.846. The first-order valence-electron chi connectivity index (χ1n) is 7.16. The Kier molecular flexibility index (Phi) is 2.55. The van der Waals surface area contributed by atoms with Crippen LogP contribution in [-0.2, 0) is 0 Å². The Bertz CT molecular complexity index is 668. The van der Waals surface area contributed by atoms with Crippen LogP contribution in [0.25, 0.3) is 0 Å². The van der Waals surface area contributed by atoms with Gasteiger partial charge in [0.25, 0.3) is 0 Å². The number of hydrogen-bond acceptors (Lipinski definition) is 4. The summed E-state index contributed by atoms with van der Waals surface area (Å²) in [6.07, 6.45) is 7.24. The summed E-state index contributed by atoms with van der Waals surface area (Å²) in [6.45, 7) is 4.59. The van der Waals surface area contributed by atoms with Crippen LogP contribution in [0.3, 0.4) is 0 Å². The molecular formula is C17H16N4. The van der Waals surface area contributed by atoms with E-state index in [0.717, 1.165) is 22.6 Å². The summed E-state index contributed by atoms with van der Waals surface area (Å²) in [7, 11) is 0. The number of hydrogen-bond donors (Lipinski definition) is 0. The van der Waals surface area contributed by atoms with Gasteiger partial charge in [-0.15, -0.1) is 0 Å². The molecule has 2 aliphatic rings. The maximum atomic E-state index is 4.53. The molecule has 1 aliphatic heterocycles. The molecule has 3 heterocycles. The van der Waals surface area contributed by atoms with Crippen molar-refractivity contribution < 1.29 is 0 Å². The SMILES string of the molecule is CC1(C)[C@@H]2C(c3ccncc3)=NN=C(c3ccncc3)[C@@H]21. The molecular weight excluding hydrogens is 260 g/mol. The molecule has 0 spiro atoms. The number of aromatic nitrogens is 2. The van der Waals surface area contributed by atoms with E-state index in [-0.39, 0.29) is 5.41 Å². The number of rotatable bonds is 2. The highest BCUT2D eigenvalue weighted by molar-refractivity contribution is 6.15. The molecule has 2 aromatic heterocycles. The van der Waals surface area contributed by atoms with Crippen molar-refractivity contribution >= 4 is 11.4 Å². The van der Waals surface area contributed by atoms with Crippen molar-refractivity contribution in [3.8, 4) is 0 Å². The van der Waals surface area contributed by atoms with Gasteiger partial charge in [-0.3, -0.25) is 9.97 Å². The number of fused-ring (bicyclic) bond motifs is 1. The first-order valence-corrected chi connectivity index (χ1v) is 7.16. The first-order chi connectivity index (χ1) is 10.2. The standard InChI is InChI=1S/C17H16N4/c1-17(2)13-14(17)16(12-5-9-19-10-6-12)21-20-15(13)11-3-7-18-8-4-11/h3-10,13-14H,1-2H3/t13-,14+. The molecule has 1 fully saturated rings. The van der Waals surface area contributed by atoms with Gasteiger partial charge < -0.3 is 0 Å². The summed E-state index contributed by atoms with van der Waals surface area (Å²) in [6, 6.07) is 8.04. The maximum Gasteiger partial charge on any atom is 0.0747 e. The van der Waals surface area contributed by atoms with E-state index in [0.29, 0.717) is 11.8 Å². The average molecular weight is 276 g/mol. The van der Waals surface area contributed by atoms with Gasteiger partial charge in [-0.05, 0) is 29.7 Å². The summed E-state index contributed by atoms with van der Waals surface area (Å²) >= 11 is 0. The minimum atomic E-state index is 0.195. The van der Waals surface area contributed by atoms with Crippen molar-refractivity contribution in [3.63, 3.8) is 0 Å². The monoisotopic (exact) mass is 276 g/mol. The van der Waals surface area contributed by atoms with Crippen molar-refractivity contribution in [1.29, 1.82) is 0 Å². The molecule has 4 rings (SSSR count). The third-order valence-corrected chi connectivity index (χ3v) is 4.63. The third-order valence-electron chi connectivity index (χ3n) is 4.63. The van der Waals surface area contributed by atoms with E-state index in [4.69, 9.17) is 0 Å². The van der Waals surface area contributed by atoms with Gasteiger partial charge in [0.2, 0.25) is 0 Å². The van der Waals surface area contributed by atoms with Crippen LogP contribution in [0.2, 0.25) is 0 Å². The van der Waals surface area contributed by atoms with Gasteiger partial charge in [-0.1, -0.05) is 13.8 Å². The Balaban J connectivity index is 1.80. The Labute approximate surface area is 123 Å². The van der Waals surface area contributed by atoms with Crippen LogP contribution in [0.4, 0.5) is 0 Å². The number of pyridine rings is 2. The van der Waals surface area contributed by atoms with Crippen LogP contribution in [0.1, 0.15) is 25.0 Å². The van der Waals surface area contributed by atoms with E-state index in [9.17, 15) is 0 Å². The predicted octanol–water partition coefficient (Wildman–Crippen LogP) is 2.96. The zero-order valence-corrected chi connectivity index (χ0v) is 12.1. The van der Waals surface area contributed by atoms with Crippen molar-refractivity contribution in [2.45, 2.75) is 13.8 Å². The van der Waals surface area contributed by atoms with Crippen LogP contribution in [0.5, 0.6) is 0 Å². The van der Waals surface area contributed by atoms with E-state index in [2.05, 4.69) is 34.0 Å². The minimum absolute atomic E-state index is 0.195. The molecule has 2 atom stereocenters. The molecule has 0 N–H and O–H groups in total. The van der Waals surface area contributed by atoms with Crippen LogP contribution in [-0.4, -0.2) is 21.4 Å². The Hall–Kier alpha value is -2.36. The van der Waals surface area contributed by atoms with Gasteiger partial charge in [0.15, 0.2) is 0 Å². The molecule has 0 bridgehead atoms. The smallest absolute Gasteiger partial charge is 0.0747 e. The topological polar surface area (TPSA) is 50.5 Å². The van der Waals surface area contributed by atoms with Gasteiger partial charge in [-0.2, -0.15) is 10.2 Å². The summed E-state index contributed by atoms with van der Waals surface area (Å²) < 4.78 is 0. The molecule has 21 heavy (non-hydrogen) atoms. The fourth-order valence-corrected chi connectivity index (χ4v) is 3.41. The maximum absolute atomic E-state index is 4.53. The highest BCUT2D eigenvalue weighted by Gasteiger charge is 2.64. The van der Waals surface area contributed by atoms with Gasteiger partial charge in [0, 0.05) is 47.8 Å². The third kappa shape index (κ3) is 1.82. The van der Waals surface area contributed by atoms with Crippen LogP contribution in [0, 0.1) is 17.3 Å². The van der Waals surface area contributed by atoms with Crippen molar-refractivity contribution in [3.05, 3.63) is 60.2 Å². The first kappa shape index (κ1) is 12.4. The molecule has 1 aliphatic carbocycles. The van der Waals surface area contributed by atoms with E-state index in [1.807, 2.05) is 49.1 Å². The van der Waals surface area contributed by atoms with E-state index >= 15 is 0 Å². The van der Waals surface area contributed by atoms with Crippen molar-refractivity contribution in [2.24, 2.45) is 27.5 Å². The molecule has 1 saturated carbocycles. The van der Waals surface area contributed by atoms with Crippen molar-refractivity contribution in [2.75, 3.05) is 0 Å². The Morgan fingerprint density at radius 2 is 1.10 bits per heavy atom. The highest BCUT2D eigenvalue weighted by atomic mass is 15.2. The lowest BCUT2D eigenvalue weighted by Crippen LogP contribution is -2.15. The van der Waals surface area contributed by atoms with Gasteiger partial charge in [0.1, 0.15) is 0 Å². The molecule has 0 saturated heterocycles. The van der Waals surface area contributed by atoms with E-state index in [1.54, 1.807) is 0 Å². The Morgan fingerprint density at radius 3 is 1.48 bits per heavy atom. The zero-order valence-electron chi connectivity index (χ0n) is 12.1. The summed E-state index contributed by atoms with van der Waals surface area (Å²) in [5.41, 5.74) is 4.63. The summed E-state index contributed by atoms with van der Waals surface area (Å²) in [5, 5.41) is 9.06. The Morgan fingerprint density at radius 1 is 0.714 bits per heavy atom. The summed E-state index contributed by atoms with van der Waals surface area (Å²) in [4.78, 5) is 8.16. The minimum Gasteiger partial charge on any atom is -0.265 e. The molecule has 2 aromatic rings. The van der Waals surface area contributed by atoms with Gasteiger partial charge >= 0.3 is 0 Å². The lowest BCUT2D eigenvalue weighted by Gasteiger charge is -2.11. The van der Waals surface area contributed by atoms with E-state index < -0.39 is 0 Å². The fourth-order valence-electron chi connectivity index (χ4n) is 3.41. The zero-order chi connectivity index (χ0) is 14.4. The molecule has 0 aromatic carbocycles. The second-order valence-corrected chi connectivity index (χ2v) is 6.22. The average Bonchev–Trinajstić information content (AvgIpc) is 3.12. The predicted molar refractivity (Wildman–Crippen MR) is 82.3 cm³/mol. The summed E-state index contributed by atoms with van der Waals surface area (Å²) in [5.74, 6) is 0.862. The second kappa shape index (κ2) is 4.32. The largest absolute Gasteiger partial charge is 0.265 e. The van der Waals surface area contributed by atoms with Crippen molar-refractivity contribution in [1.82, 2.24) is 9.97 Å².